The molecule has 0 saturated carbocycles. The minimum Gasteiger partial charge on any atom is -0.462 e. The summed E-state index contributed by atoms with van der Waals surface area (Å²) in [6, 6.07) is 7.64. The summed E-state index contributed by atoms with van der Waals surface area (Å²) in [5.41, 5.74) is 21.5. The summed E-state index contributed by atoms with van der Waals surface area (Å²) < 4.78 is 76.1. The van der Waals surface area contributed by atoms with E-state index in [1.165, 1.54) is 51.6 Å². The van der Waals surface area contributed by atoms with E-state index in [9.17, 15) is 26.4 Å². The number of esters is 2. The smallest absolute Gasteiger partial charge is 0.348 e. The maximum Gasteiger partial charge on any atom is 0.348 e. The molecule has 0 atom stereocenters. The monoisotopic (exact) mass is 1920 g/mol. The van der Waals surface area contributed by atoms with Crippen molar-refractivity contribution in [2.24, 2.45) is 28.2 Å². The Kier molecular flexibility index (Phi) is 27.4. The molecular weight excluding hydrogens is 1820 g/mol. The highest BCUT2D eigenvalue weighted by Crippen LogP contribution is 2.42. The van der Waals surface area contributed by atoms with E-state index in [4.69, 9.17) is 34.4 Å². The molecule has 0 fully saturated rings. The summed E-state index contributed by atoms with van der Waals surface area (Å²) in [5, 5.41) is 47.0. The Morgan fingerprint density at radius 3 is 0.993 bits per heavy atom. The van der Waals surface area contributed by atoms with E-state index in [1.807, 2.05) is 173 Å². The quantitative estimate of drug-likeness (QED) is 0.0260. The molecule has 8 N–H and O–H groups in total. The number of imidazole rings is 4. The minimum atomic E-state index is -3.37. The van der Waals surface area contributed by atoms with Gasteiger partial charge < -0.3 is 52.0 Å². The molecule has 0 aromatic carbocycles. The molecular formula is C92H104N28O8S6. The molecule has 4 aliphatic rings. The van der Waals surface area contributed by atoms with Crippen molar-refractivity contribution >= 4 is 165 Å². The Balaban J connectivity index is 0.000000124. The Labute approximate surface area is 789 Å². The summed E-state index contributed by atoms with van der Waals surface area (Å²) in [7, 11) is 0.896. The van der Waals surface area contributed by atoms with Crippen molar-refractivity contribution in [2.45, 2.75) is 108 Å². The van der Waals surface area contributed by atoms with E-state index < -0.39 is 24.9 Å². The Bertz CT molecular complexity index is 7490. The average molecular weight is 1920 g/mol. The summed E-state index contributed by atoms with van der Waals surface area (Å²) >= 11 is 5.17. The van der Waals surface area contributed by atoms with E-state index >= 15 is 0 Å². The third-order valence-corrected chi connectivity index (χ3v) is 31.8. The predicted octanol–water partition coefficient (Wildman–Crippen LogP) is 15.2. The molecule has 0 radical (unpaired) electrons. The van der Waals surface area contributed by atoms with Gasteiger partial charge in [-0.25, -0.2) is 66.3 Å². The zero-order valence-electron chi connectivity index (χ0n) is 76.6. The highest BCUT2D eigenvalue weighted by atomic mass is 32.2. The van der Waals surface area contributed by atoms with Crippen LogP contribution in [0.4, 0.5) is 43.3 Å². The van der Waals surface area contributed by atoms with Crippen LogP contribution in [-0.4, -0.2) is 202 Å². The highest BCUT2D eigenvalue weighted by molar-refractivity contribution is 7.94. The largest absolute Gasteiger partial charge is 0.462 e. The van der Waals surface area contributed by atoms with Crippen LogP contribution in [-0.2, 0) is 57.3 Å². The molecule has 20 heterocycles. The van der Waals surface area contributed by atoms with Crippen molar-refractivity contribution in [3.05, 3.63) is 203 Å². The predicted molar refractivity (Wildman–Crippen MR) is 529 cm³/mol. The number of aromatic nitrogens is 20. The second kappa shape index (κ2) is 39.6. The van der Waals surface area contributed by atoms with Crippen LogP contribution in [0.5, 0.6) is 0 Å². The van der Waals surface area contributed by atoms with E-state index in [2.05, 4.69) is 120 Å². The van der Waals surface area contributed by atoms with Crippen molar-refractivity contribution in [3.63, 3.8) is 0 Å². The number of rotatable bonds is 24. The van der Waals surface area contributed by atoms with Gasteiger partial charge in [-0.3, -0.25) is 36.3 Å². The number of anilines is 8. The normalized spacial score (nSPS) is 14.3. The molecule has 36 nitrogen and oxygen atoms in total. The maximum atomic E-state index is 12.8. The van der Waals surface area contributed by atoms with Gasteiger partial charge >= 0.3 is 11.9 Å². The third kappa shape index (κ3) is 20.1. The second-order valence-electron chi connectivity index (χ2n) is 33.3. The van der Waals surface area contributed by atoms with Crippen molar-refractivity contribution < 1.29 is 35.9 Å². The lowest BCUT2D eigenvalue weighted by Gasteiger charge is -2.16. The van der Waals surface area contributed by atoms with Crippen molar-refractivity contribution in [2.75, 3.05) is 93.1 Å². The van der Waals surface area contributed by atoms with Gasteiger partial charge in [0, 0.05) is 132 Å². The lowest BCUT2D eigenvalue weighted by Crippen LogP contribution is -2.22. The molecule has 16 aromatic rings. The lowest BCUT2D eigenvalue weighted by molar-refractivity contribution is 0.0521. The average Bonchev–Trinajstić information content (AvgIpc) is 1.62. The van der Waals surface area contributed by atoms with Crippen LogP contribution in [0, 0.1) is 20.8 Å². The van der Waals surface area contributed by atoms with Crippen LogP contribution in [0.25, 0.3) is 89.9 Å². The maximum absolute atomic E-state index is 12.8. The fraction of sp³-hybridized carbons (Fsp3) is 0.326. The summed E-state index contributed by atoms with van der Waals surface area (Å²) in [4.78, 5) is 64.3. The molecule has 20 rings (SSSR count). The second-order valence-corrected chi connectivity index (χ2v) is 42.4. The van der Waals surface area contributed by atoms with Crippen LogP contribution in [0.1, 0.15) is 138 Å². The van der Waals surface area contributed by atoms with Gasteiger partial charge in [-0.2, -0.15) is 20.4 Å². The molecule has 0 amide bonds. The number of nitrogens with one attached hydrogen (secondary N) is 8. The fourth-order valence-corrected chi connectivity index (χ4v) is 23.4. The molecule has 0 aliphatic carbocycles. The summed E-state index contributed by atoms with van der Waals surface area (Å²) in [5.74, 6) is 2.00. The standard InChI is InChI=1S/C25H29N7O2S.C23H27N7O2S2.C23H25N7O2S.C21H23N7O2S2/c1-5-34-25(33)22-18(15(2)3)9-21(35-22)30-23-24-27-12-20(17-11-28-31(4)13-17)32(24)14-19(29-23)16-7-6-8-26-10-16;1-14(2)34(31,32)23-15(3)8-20(33-23)28-21-22-25-11-19(17-10-26-29(4)12-17)30(22)13-18(27-21)16-6-5-7-24-9-16;1-4-32-23(31)20-14(2)8-19(33-20)28-21-22-25-11-18(16-10-26-29(3)12-16)30(22)13-17(27-21)15-6-5-7-24-9-15;1-13-7-18(31-21(13)32(3,29)30)26-19-20-23-10-17(15-9-24-27(2)11-15)28(20)12-16(25-19)14-5-4-6-22-8-14/h7,9,11-15,26H,5-6,8,10H2,1-4H3,(H,29,30);6,8,10-14,24H,5,7,9H2,1-4H3,(H,27,28);6,8,10-13,24H,4-5,7,9H2,1-3H3,(H,27,28);5,7,9-12,22H,4,6,8H2,1-3H3,(H,25,26). The minimum absolute atomic E-state index is 0.183. The Morgan fingerprint density at radius 2 is 0.709 bits per heavy atom. The number of fused-ring (bicyclic) bond motifs is 4. The van der Waals surface area contributed by atoms with Crippen LogP contribution in [0.2, 0.25) is 0 Å². The molecule has 696 valence electrons. The number of nitrogens with zero attached hydrogens (tertiary/aromatic N) is 20. The molecule has 0 saturated heterocycles. The number of carbonyl (C=O) groups excluding carboxylic acids is 2. The topological polar surface area (TPSA) is 409 Å². The van der Waals surface area contributed by atoms with Gasteiger partial charge in [0.05, 0.1) is 134 Å². The van der Waals surface area contributed by atoms with Gasteiger partial charge in [0.2, 0.25) is 0 Å². The van der Waals surface area contributed by atoms with E-state index in [-0.39, 0.29) is 17.9 Å². The van der Waals surface area contributed by atoms with Crippen molar-refractivity contribution in [1.29, 1.82) is 0 Å². The highest BCUT2D eigenvalue weighted by Gasteiger charge is 2.30. The zero-order chi connectivity index (χ0) is 94.0. The van der Waals surface area contributed by atoms with E-state index in [0.29, 0.717) is 92.8 Å². The number of hydrogen-bond acceptors (Lipinski definition) is 32. The molecule has 0 spiro atoms. The van der Waals surface area contributed by atoms with Crippen LogP contribution in [0.15, 0.2) is 156 Å². The summed E-state index contributed by atoms with van der Waals surface area (Å²) in [6.45, 7) is 24.2. The molecule has 16 aromatic heterocycles. The van der Waals surface area contributed by atoms with E-state index in [0.717, 1.165) is 195 Å². The molecule has 42 heteroatoms. The van der Waals surface area contributed by atoms with Gasteiger partial charge in [0.15, 0.2) is 65.5 Å². The summed E-state index contributed by atoms with van der Waals surface area (Å²) in [6.07, 6.45) is 44.3. The number of hydrogen-bond donors (Lipinski definition) is 8. The van der Waals surface area contributed by atoms with Gasteiger partial charge in [0.25, 0.3) is 0 Å². The van der Waals surface area contributed by atoms with E-state index in [1.54, 1.807) is 58.8 Å². The van der Waals surface area contributed by atoms with Gasteiger partial charge in [-0.05, 0) is 175 Å². The number of ether oxygens (including phenoxy) is 2. The first kappa shape index (κ1) is 92.8. The zero-order valence-corrected chi connectivity index (χ0v) is 81.5. The number of aryl methyl sites for hydroxylation is 7. The first-order chi connectivity index (χ1) is 64.5. The van der Waals surface area contributed by atoms with Crippen LogP contribution < -0.4 is 42.5 Å². The first-order valence-corrected chi connectivity index (χ1v) is 50.6. The number of thiophene rings is 4. The number of carbonyl (C=O) groups is 2. The SMILES string of the molecule is CCOC(=O)c1sc(Nc2nc(C3=CCCNC3)cn3c(-c4cnn(C)c4)cnc23)cc1C.CCOC(=O)c1sc(Nc2nc(C3=CCCNC3)cn3c(-c4cnn(C)c4)cnc23)cc1C(C)C.Cc1cc(Nc2nc(C3=CCCNC3)cn3c(-c4cnn(C)c4)cnc23)sc1S(=O)(=O)C(C)C.Cc1cc(Nc2nc(C3=CCCNC3)cn3c(-c4cnn(C)c4)cnc23)sc1S(C)(=O)=O. The van der Waals surface area contributed by atoms with Crippen molar-refractivity contribution in [1.82, 2.24) is 118 Å². The van der Waals surface area contributed by atoms with Crippen LogP contribution >= 0.6 is 45.3 Å². The van der Waals surface area contributed by atoms with Gasteiger partial charge in [-0.15, -0.1) is 45.3 Å². The lowest BCUT2D eigenvalue weighted by atomic mass is 10.0. The Morgan fingerprint density at radius 1 is 0.410 bits per heavy atom. The third-order valence-electron chi connectivity index (χ3n) is 22.5. The van der Waals surface area contributed by atoms with Crippen LogP contribution in [0.3, 0.4) is 0 Å². The van der Waals surface area contributed by atoms with Gasteiger partial charge in [0.1, 0.15) is 18.2 Å². The Hall–Kier alpha value is -13.0. The van der Waals surface area contributed by atoms with Crippen molar-refractivity contribution in [3.8, 4) is 45.0 Å². The number of sulfone groups is 2. The molecule has 4 aliphatic heterocycles. The fourth-order valence-electron chi connectivity index (χ4n) is 15.9. The molecule has 134 heavy (non-hydrogen) atoms. The van der Waals surface area contributed by atoms with Gasteiger partial charge in [-0.1, -0.05) is 38.2 Å². The first-order valence-electron chi connectivity index (χ1n) is 43.9. The molecule has 0 unspecified atom stereocenters. The molecule has 0 bridgehead atoms.